The molecule has 4 heteroatoms. The molecule has 22 heavy (non-hydrogen) atoms. The van der Waals surface area contributed by atoms with Gasteiger partial charge in [0.15, 0.2) is 0 Å². The summed E-state index contributed by atoms with van der Waals surface area (Å²) in [6.45, 7) is 2.04. The smallest absolute Gasteiger partial charge is 0.338 e. The van der Waals surface area contributed by atoms with Crippen LogP contribution in [-0.2, 0) is 11.2 Å². The number of methoxy groups -OCH3 is 2. The molecule has 0 bridgehead atoms. The molecule has 0 heterocycles. The maximum atomic E-state index is 11.9. The third-order valence-electron chi connectivity index (χ3n) is 3.46. The van der Waals surface area contributed by atoms with E-state index >= 15 is 0 Å². The van der Waals surface area contributed by atoms with Crippen molar-refractivity contribution in [2.24, 2.45) is 0 Å². The van der Waals surface area contributed by atoms with Crippen LogP contribution in [0.3, 0.4) is 0 Å². The molecule has 0 radical (unpaired) electrons. The first-order valence-corrected chi connectivity index (χ1v) is 7.92. The molecule has 2 aromatic carbocycles. The number of halogens is 1. The van der Waals surface area contributed by atoms with Gasteiger partial charge in [0.1, 0.15) is 5.75 Å². The maximum Gasteiger partial charge on any atom is 0.338 e. The molecule has 0 spiro atoms. The summed E-state index contributed by atoms with van der Waals surface area (Å²) in [6, 6.07) is 13.6. The summed E-state index contributed by atoms with van der Waals surface area (Å²) in [4.78, 5) is 11.9. The lowest BCUT2D eigenvalue weighted by atomic mass is 9.98. The first-order chi connectivity index (χ1) is 10.5. The van der Waals surface area contributed by atoms with E-state index in [9.17, 15) is 4.79 Å². The summed E-state index contributed by atoms with van der Waals surface area (Å²) in [5.41, 5.74) is 3.81. The Morgan fingerprint density at radius 3 is 2.59 bits per heavy atom. The average molecular weight is 363 g/mol. The van der Waals surface area contributed by atoms with Crippen LogP contribution >= 0.6 is 15.9 Å². The minimum Gasteiger partial charge on any atom is -0.497 e. The van der Waals surface area contributed by atoms with E-state index in [2.05, 4.69) is 22.0 Å². The topological polar surface area (TPSA) is 35.5 Å². The summed E-state index contributed by atoms with van der Waals surface area (Å²) >= 11 is 3.69. The number of alkyl halides is 1. The van der Waals surface area contributed by atoms with Crippen molar-refractivity contribution < 1.29 is 14.3 Å². The van der Waals surface area contributed by atoms with E-state index < -0.39 is 0 Å². The second kappa shape index (κ2) is 7.45. The molecule has 0 aliphatic rings. The molecule has 0 N–H and O–H groups in total. The highest BCUT2D eigenvalue weighted by Gasteiger charge is 2.18. The van der Waals surface area contributed by atoms with Crippen LogP contribution < -0.4 is 4.74 Å². The summed E-state index contributed by atoms with van der Waals surface area (Å²) in [6.07, 6.45) is 0.756. The minimum absolute atomic E-state index is 0.0225. The van der Waals surface area contributed by atoms with Crippen LogP contribution in [-0.4, -0.2) is 20.2 Å². The van der Waals surface area contributed by atoms with Crippen molar-refractivity contribution in [1.82, 2.24) is 0 Å². The van der Waals surface area contributed by atoms with Crippen molar-refractivity contribution in [2.45, 2.75) is 18.2 Å². The third kappa shape index (κ3) is 3.89. The largest absolute Gasteiger partial charge is 0.497 e. The molecular formula is C18H19BrO3. The third-order valence-corrected chi connectivity index (χ3v) is 4.28. The van der Waals surface area contributed by atoms with Crippen LogP contribution in [0.4, 0.5) is 0 Å². The van der Waals surface area contributed by atoms with Crippen LogP contribution in [0.15, 0.2) is 42.5 Å². The Labute approximate surface area is 139 Å². The van der Waals surface area contributed by atoms with E-state index in [4.69, 9.17) is 9.47 Å². The van der Waals surface area contributed by atoms with E-state index in [0.29, 0.717) is 5.56 Å². The highest BCUT2D eigenvalue weighted by atomic mass is 79.9. The van der Waals surface area contributed by atoms with Gasteiger partial charge in [0.2, 0.25) is 0 Å². The quantitative estimate of drug-likeness (QED) is 0.581. The SMILES string of the molecule is COC(=O)c1ccccc1C(Br)Cc1cc(C)cc(OC)c1. The van der Waals surface area contributed by atoms with Crippen molar-refractivity contribution in [3.05, 3.63) is 64.7 Å². The zero-order valence-electron chi connectivity index (χ0n) is 12.9. The first-order valence-electron chi connectivity index (χ1n) is 7.01. The predicted octanol–water partition coefficient (Wildman–Crippen LogP) is 4.47. The van der Waals surface area contributed by atoms with Gasteiger partial charge in [-0.05, 0) is 48.2 Å². The van der Waals surface area contributed by atoms with Gasteiger partial charge in [-0.25, -0.2) is 4.79 Å². The van der Waals surface area contributed by atoms with Gasteiger partial charge in [0.25, 0.3) is 0 Å². The Morgan fingerprint density at radius 2 is 1.91 bits per heavy atom. The highest BCUT2D eigenvalue weighted by molar-refractivity contribution is 9.09. The zero-order chi connectivity index (χ0) is 16.1. The van der Waals surface area contributed by atoms with Gasteiger partial charge in [-0.3, -0.25) is 0 Å². The molecule has 0 aliphatic carbocycles. The molecule has 1 unspecified atom stereocenters. The predicted molar refractivity (Wildman–Crippen MR) is 90.9 cm³/mol. The summed E-state index contributed by atoms with van der Waals surface area (Å²) < 4.78 is 10.2. The molecule has 116 valence electrons. The zero-order valence-corrected chi connectivity index (χ0v) is 14.5. The number of rotatable bonds is 5. The Kier molecular flexibility index (Phi) is 5.61. The number of aryl methyl sites for hydroxylation is 1. The Balaban J connectivity index is 2.28. The van der Waals surface area contributed by atoms with E-state index in [1.54, 1.807) is 13.2 Å². The van der Waals surface area contributed by atoms with Crippen molar-refractivity contribution in [1.29, 1.82) is 0 Å². The van der Waals surface area contributed by atoms with Gasteiger partial charge >= 0.3 is 5.97 Å². The van der Waals surface area contributed by atoms with E-state index in [-0.39, 0.29) is 10.8 Å². The molecular weight excluding hydrogens is 344 g/mol. The minimum atomic E-state index is -0.318. The van der Waals surface area contributed by atoms with Gasteiger partial charge in [0, 0.05) is 4.83 Å². The molecule has 0 aromatic heterocycles. The van der Waals surface area contributed by atoms with Gasteiger partial charge in [-0.15, -0.1) is 0 Å². The number of ether oxygens (including phenoxy) is 2. The molecule has 0 aliphatic heterocycles. The Hall–Kier alpha value is -1.81. The second-order valence-corrected chi connectivity index (χ2v) is 6.21. The molecule has 2 rings (SSSR count). The molecule has 0 saturated heterocycles. The molecule has 3 nitrogen and oxygen atoms in total. The van der Waals surface area contributed by atoms with E-state index in [1.165, 1.54) is 7.11 Å². The number of carbonyl (C=O) groups is 1. The van der Waals surface area contributed by atoms with Gasteiger partial charge < -0.3 is 9.47 Å². The van der Waals surface area contributed by atoms with Crippen LogP contribution in [0.1, 0.15) is 31.9 Å². The molecule has 2 aromatic rings. The standard InChI is InChI=1S/C18H19BrO3/c1-12-8-13(10-14(9-12)21-2)11-17(19)15-6-4-5-7-16(15)18(20)22-3/h4-10,17H,11H2,1-3H3. The lowest BCUT2D eigenvalue weighted by Crippen LogP contribution is -2.08. The molecule has 0 saturated carbocycles. The van der Waals surface area contributed by atoms with Crippen molar-refractivity contribution in [2.75, 3.05) is 14.2 Å². The van der Waals surface area contributed by atoms with Crippen molar-refractivity contribution in [3.63, 3.8) is 0 Å². The summed E-state index contributed by atoms with van der Waals surface area (Å²) in [5.74, 6) is 0.526. The second-order valence-electron chi connectivity index (χ2n) is 5.11. The van der Waals surface area contributed by atoms with Gasteiger partial charge in [0.05, 0.1) is 19.8 Å². The normalized spacial score (nSPS) is 11.8. The fraction of sp³-hybridized carbons (Fsp3) is 0.278. The lowest BCUT2D eigenvalue weighted by Gasteiger charge is -2.15. The van der Waals surface area contributed by atoms with Crippen LogP contribution in [0.5, 0.6) is 5.75 Å². The van der Waals surface area contributed by atoms with Gasteiger partial charge in [-0.2, -0.15) is 0 Å². The number of hydrogen-bond acceptors (Lipinski definition) is 3. The average Bonchev–Trinajstić information content (AvgIpc) is 2.53. The van der Waals surface area contributed by atoms with Crippen molar-refractivity contribution in [3.8, 4) is 5.75 Å². The van der Waals surface area contributed by atoms with E-state index in [0.717, 1.165) is 28.9 Å². The first kappa shape index (κ1) is 16.6. The van der Waals surface area contributed by atoms with Crippen molar-refractivity contribution >= 4 is 21.9 Å². The molecule has 1 atom stereocenters. The molecule has 0 amide bonds. The fourth-order valence-electron chi connectivity index (χ4n) is 2.44. The maximum absolute atomic E-state index is 11.9. The number of benzene rings is 2. The summed E-state index contributed by atoms with van der Waals surface area (Å²) in [7, 11) is 3.06. The highest BCUT2D eigenvalue weighted by Crippen LogP contribution is 2.31. The van der Waals surface area contributed by atoms with Crippen LogP contribution in [0, 0.1) is 6.92 Å². The Morgan fingerprint density at radius 1 is 1.18 bits per heavy atom. The Bertz CT molecular complexity index is 667. The molecule has 0 fully saturated rings. The fourth-order valence-corrected chi connectivity index (χ4v) is 3.22. The number of carbonyl (C=O) groups excluding carboxylic acids is 1. The number of esters is 1. The monoisotopic (exact) mass is 362 g/mol. The summed E-state index contributed by atoms with van der Waals surface area (Å²) in [5, 5.41) is 0. The van der Waals surface area contributed by atoms with Crippen LogP contribution in [0.2, 0.25) is 0 Å². The van der Waals surface area contributed by atoms with E-state index in [1.807, 2.05) is 37.3 Å². The number of hydrogen-bond donors (Lipinski definition) is 0. The van der Waals surface area contributed by atoms with Gasteiger partial charge in [-0.1, -0.05) is 40.2 Å². The van der Waals surface area contributed by atoms with Crippen LogP contribution in [0.25, 0.3) is 0 Å². The lowest BCUT2D eigenvalue weighted by molar-refractivity contribution is 0.0599.